The maximum absolute atomic E-state index is 12.4. The number of ether oxygens (including phenoxy) is 1. The van der Waals surface area contributed by atoms with Gasteiger partial charge in [0, 0.05) is 30.0 Å². The maximum Gasteiger partial charge on any atom is 0.339 e. The zero-order chi connectivity index (χ0) is 18.1. The Balaban J connectivity index is 1.44. The molecule has 2 aromatic rings. The third-order valence-electron chi connectivity index (χ3n) is 4.45. The Hall–Kier alpha value is -3.35. The lowest BCUT2D eigenvalue weighted by Gasteiger charge is -2.16. The highest BCUT2D eigenvalue weighted by molar-refractivity contribution is 5.97. The monoisotopic (exact) mass is 351 g/mol. The second-order valence-electron chi connectivity index (χ2n) is 6.17. The number of urea groups is 1. The topological polar surface area (TPSA) is 87.7 Å². The van der Waals surface area contributed by atoms with Crippen LogP contribution in [0.4, 0.5) is 16.2 Å². The molecule has 3 amide bonds. The lowest BCUT2D eigenvalue weighted by Crippen LogP contribution is -2.27. The molecule has 1 saturated heterocycles. The van der Waals surface area contributed by atoms with Gasteiger partial charge >= 0.3 is 12.0 Å². The molecule has 0 radical (unpaired) electrons. The Morgan fingerprint density at radius 1 is 1.19 bits per heavy atom. The molecule has 7 nitrogen and oxygen atoms in total. The first-order chi connectivity index (χ1) is 12.6. The summed E-state index contributed by atoms with van der Waals surface area (Å²) in [5.74, 6) is -0.664. The van der Waals surface area contributed by atoms with E-state index < -0.39 is 12.1 Å². The van der Waals surface area contributed by atoms with Crippen LogP contribution in [0.3, 0.4) is 0 Å². The first-order valence-electron chi connectivity index (χ1n) is 8.37. The minimum Gasteiger partial charge on any atom is -0.453 e. The smallest absolute Gasteiger partial charge is 0.339 e. The van der Waals surface area contributed by atoms with Crippen LogP contribution in [0.25, 0.3) is 0 Å². The highest BCUT2D eigenvalue weighted by atomic mass is 16.5. The molecular formula is C19H17N3O4. The molecular weight excluding hydrogens is 334 g/mol. The molecule has 0 aromatic heterocycles. The van der Waals surface area contributed by atoms with Gasteiger partial charge in [-0.1, -0.05) is 24.3 Å². The van der Waals surface area contributed by atoms with Crippen molar-refractivity contribution in [1.29, 1.82) is 0 Å². The van der Waals surface area contributed by atoms with Crippen molar-refractivity contribution < 1.29 is 19.1 Å². The second-order valence-corrected chi connectivity index (χ2v) is 6.17. The van der Waals surface area contributed by atoms with Crippen LogP contribution >= 0.6 is 0 Å². The van der Waals surface area contributed by atoms with E-state index in [1.165, 1.54) is 0 Å². The van der Waals surface area contributed by atoms with Crippen molar-refractivity contribution in [2.24, 2.45) is 0 Å². The SMILES string of the molecule is O=C(C[C@@H]1OC(=O)c2ccccc21)Nc1cccc(N2CCNC2=O)c1. The quantitative estimate of drug-likeness (QED) is 0.829. The fourth-order valence-electron chi connectivity index (χ4n) is 3.22. The number of amides is 3. The largest absolute Gasteiger partial charge is 0.453 e. The third kappa shape index (κ3) is 2.99. The van der Waals surface area contributed by atoms with Crippen molar-refractivity contribution in [2.45, 2.75) is 12.5 Å². The van der Waals surface area contributed by atoms with Gasteiger partial charge in [-0.15, -0.1) is 0 Å². The summed E-state index contributed by atoms with van der Waals surface area (Å²) in [5.41, 5.74) is 2.54. The lowest BCUT2D eigenvalue weighted by molar-refractivity contribution is -0.118. The molecule has 1 fully saturated rings. The third-order valence-corrected chi connectivity index (χ3v) is 4.45. The Morgan fingerprint density at radius 2 is 2.04 bits per heavy atom. The number of carbonyl (C=O) groups excluding carboxylic acids is 3. The van der Waals surface area contributed by atoms with Gasteiger partial charge in [0.25, 0.3) is 0 Å². The molecule has 0 spiro atoms. The van der Waals surface area contributed by atoms with Crippen LogP contribution < -0.4 is 15.5 Å². The Labute approximate surface area is 149 Å². The lowest BCUT2D eigenvalue weighted by atomic mass is 10.0. The molecule has 2 aliphatic rings. The molecule has 0 aliphatic carbocycles. The van der Waals surface area contributed by atoms with Crippen molar-refractivity contribution in [3.8, 4) is 0 Å². The summed E-state index contributed by atoms with van der Waals surface area (Å²) in [4.78, 5) is 37.6. The van der Waals surface area contributed by atoms with Gasteiger partial charge in [-0.3, -0.25) is 9.69 Å². The number of carbonyl (C=O) groups is 3. The van der Waals surface area contributed by atoms with Crippen LogP contribution in [0.1, 0.15) is 28.4 Å². The molecule has 2 heterocycles. The molecule has 2 aliphatic heterocycles. The average molecular weight is 351 g/mol. The van der Waals surface area contributed by atoms with E-state index in [4.69, 9.17) is 4.74 Å². The summed E-state index contributed by atoms with van der Waals surface area (Å²) < 4.78 is 5.30. The van der Waals surface area contributed by atoms with Crippen LogP contribution in [0.15, 0.2) is 48.5 Å². The zero-order valence-corrected chi connectivity index (χ0v) is 13.9. The van der Waals surface area contributed by atoms with Crippen molar-refractivity contribution in [3.05, 3.63) is 59.7 Å². The van der Waals surface area contributed by atoms with Crippen molar-refractivity contribution >= 4 is 29.3 Å². The van der Waals surface area contributed by atoms with Gasteiger partial charge in [0.05, 0.1) is 12.0 Å². The number of hydrogen-bond acceptors (Lipinski definition) is 4. The van der Waals surface area contributed by atoms with E-state index in [9.17, 15) is 14.4 Å². The fraction of sp³-hybridized carbons (Fsp3) is 0.211. The number of nitrogens with zero attached hydrogens (tertiary/aromatic N) is 1. The van der Waals surface area contributed by atoms with E-state index >= 15 is 0 Å². The molecule has 132 valence electrons. The Morgan fingerprint density at radius 3 is 2.85 bits per heavy atom. The average Bonchev–Trinajstić information content (AvgIpc) is 3.19. The predicted molar refractivity (Wildman–Crippen MR) is 95.0 cm³/mol. The highest BCUT2D eigenvalue weighted by Gasteiger charge is 2.32. The molecule has 2 aromatic carbocycles. The summed E-state index contributed by atoms with van der Waals surface area (Å²) in [6.07, 6.45) is -0.539. The maximum atomic E-state index is 12.4. The van der Waals surface area contributed by atoms with E-state index in [-0.39, 0.29) is 18.4 Å². The molecule has 2 N–H and O–H groups in total. The summed E-state index contributed by atoms with van der Waals surface area (Å²) >= 11 is 0. The van der Waals surface area contributed by atoms with Gasteiger partial charge in [-0.05, 0) is 24.3 Å². The molecule has 0 bridgehead atoms. The van der Waals surface area contributed by atoms with E-state index in [0.717, 1.165) is 11.3 Å². The molecule has 1 atom stereocenters. The number of nitrogens with one attached hydrogen (secondary N) is 2. The summed E-state index contributed by atoms with van der Waals surface area (Å²) in [6, 6.07) is 14.0. The number of rotatable bonds is 4. The molecule has 4 rings (SSSR count). The van der Waals surface area contributed by atoms with Crippen molar-refractivity contribution in [1.82, 2.24) is 5.32 Å². The first kappa shape index (κ1) is 16.1. The number of esters is 1. The van der Waals surface area contributed by atoms with Crippen LogP contribution in [0, 0.1) is 0 Å². The molecule has 7 heteroatoms. The normalized spacial score (nSPS) is 18.3. The molecule has 26 heavy (non-hydrogen) atoms. The van der Waals surface area contributed by atoms with Gasteiger partial charge in [0.1, 0.15) is 6.10 Å². The number of hydrogen-bond donors (Lipinski definition) is 2. The van der Waals surface area contributed by atoms with Crippen LogP contribution in [0.2, 0.25) is 0 Å². The fourth-order valence-corrected chi connectivity index (χ4v) is 3.22. The Bertz CT molecular complexity index is 896. The Kier molecular flexibility index (Phi) is 4.04. The standard InChI is InChI=1S/C19H17N3O4/c23-17(11-16-14-6-1-2-7-15(14)18(24)26-16)21-12-4-3-5-13(10-12)22-9-8-20-19(22)25/h1-7,10,16H,8-9,11H2,(H,20,25)(H,21,23)/t16-/m0/s1. The number of fused-ring (bicyclic) bond motifs is 1. The van der Waals surface area contributed by atoms with Gasteiger partial charge in [0.15, 0.2) is 0 Å². The van der Waals surface area contributed by atoms with Crippen LogP contribution in [-0.2, 0) is 9.53 Å². The van der Waals surface area contributed by atoms with E-state index in [0.29, 0.717) is 24.3 Å². The second kappa shape index (κ2) is 6.51. The van der Waals surface area contributed by atoms with E-state index in [1.807, 2.05) is 12.1 Å². The van der Waals surface area contributed by atoms with Gasteiger partial charge in [-0.25, -0.2) is 9.59 Å². The summed E-state index contributed by atoms with van der Waals surface area (Å²) in [7, 11) is 0. The van der Waals surface area contributed by atoms with Crippen LogP contribution in [-0.4, -0.2) is 31.0 Å². The van der Waals surface area contributed by atoms with Crippen molar-refractivity contribution in [3.63, 3.8) is 0 Å². The highest BCUT2D eigenvalue weighted by Crippen LogP contribution is 2.33. The van der Waals surface area contributed by atoms with Crippen LogP contribution in [0.5, 0.6) is 0 Å². The number of anilines is 2. The predicted octanol–water partition coefficient (Wildman–Crippen LogP) is 2.46. The van der Waals surface area contributed by atoms with E-state index in [1.54, 1.807) is 41.3 Å². The minimum atomic E-state index is -0.578. The molecule has 0 unspecified atom stereocenters. The minimum absolute atomic E-state index is 0.0389. The van der Waals surface area contributed by atoms with Gasteiger partial charge in [0.2, 0.25) is 5.91 Å². The summed E-state index contributed by atoms with van der Waals surface area (Å²) in [6.45, 7) is 1.19. The van der Waals surface area contributed by atoms with E-state index in [2.05, 4.69) is 10.6 Å². The van der Waals surface area contributed by atoms with Gasteiger partial charge in [-0.2, -0.15) is 0 Å². The molecule has 0 saturated carbocycles. The van der Waals surface area contributed by atoms with Crippen molar-refractivity contribution in [2.75, 3.05) is 23.3 Å². The summed E-state index contributed by atoms with van der Waals surface area (Å²) in [5, 5.41) is 5.55. The number of benzene rings is 2. The first-order valence-corrected chi connectivity index (χ1v) is 8.37. The zero-order valence-electron chi connectivity index (χ0n) is 13.9. The number of cyclic esters (lactones) is 1. The van der Waals surface area contributed by atoms with Gasteiger partial charge < -0.3 is 15.4 Å².